The zero-order chi connectivity index (χ0) is 23.8. The molecule has 0 aliphatic carbocycles. The highest BCUT2D eigenvalue weighted by molar-refractivity contribution is 6.40. The second-order valence-corrected chi connectivity index (χ2v) is 7.67. The highest BCUT2D eigenvalue weighted by Crippen LogP contribution is 2.27. The molecule has 0 heterocycles. The van der Waals surface area contributed by atoms with Gasteiger partial charge in [-0.1, -0.05) is 41.4 Å². The molecule has 0 unspecified atom stereocenters. The monoisotopic (exact) mass is 465 g/mol. The quantitative estimate of drug-likeness (QED) is 0.300. The highest BCUT2D eigenvalue weighted by Gasteiger charge is 2.16. The van der Waals surface area contributed by atoms with Gasteiger partial charge in [0.2, 0.25) is 0 Å². The standard InChI is InChI=1S/C25H24ClN3O4/c1-16-4-6-18(7-5-16)15-33-21-11-8-19(9-12-21)17(2)28-29-25(31)24(30)27-22-14-20(26)10-13-23(22)32-3/h4-14H,15H2,1-3H3,(H,27,30)(H,29,31). The minimum atomic E-state index is -0.922. The van der Waals surface area contributed by atoms with E-state index >= 15 is 0 Å². The highest BCUT2D eigenvalue weighted by atomic mass is 35.5. The number of hydrogen-bond donors (Lipinski definition) is 2. The normalized spacial score (nSPS) is 11.0. The van der Waals surface area contributed by atoms with Crippen molar-refractivity contribution in [1.29, 1.82) is 0 Å². The zero-order valence-electron chi connectivity index (χ0n) is 18.5. The Bertz CT molecular complexity index is 1160. The van der Waals surface area contributed by atoms with Crippen LogP contribution in [0.4, 0.5) is 5.69 Å². The van der Waals surface area contributed by atoms with Gasteiger partial charge in [0.05, 0.1) is 18.5 Å². The van der Waals surface area contributed by atoms with Gasteiger partial charge in [-0.2, -0.15) is 5.10 Å². The third kappa shape index (κ3) is 6.82. The van der Waals surface area contributed by atoms with E-state index in [1.54, 1.807) is 19.1 Å². The van der Waals surface area contributed by atoms with Gasteiger partial charge in [0.1, 0.15) is 18.1 Å². The number of amides is 2. The molecule has 0 aliphatic heterocycles. The van der Waals surface area contributed by atoms with Gasteiger partial charge < -0.3 is 14.8 Å². The molecule has 7 nitrogen and oxygen atoms in total. The van der Waals surface area contributed by atoms with Gasteiger partial charge in [0.25, 0.3) is 0 Å². The lowest BCUT2D eigenvalue weighted by atomic mass is 10.1. The first kappa shape index (κ1) is 23.8. The van der Waals surface area contributed by atoms with Crippen molar-refractivity contribution in [3.63, 3.8) is 0 Å². The van der Waals surface area contributed by atoms with Gasteiger partial charge in [-0.15, -0.1) is 0 Å². The number of ether oxygens (including phenoxy) is 2. The van der Waals surface area contributed by atoms with Gasteiger partial charge in [0, 0.05) is 5.02 Å². The summed E-state index contributed by atoms with van der Waals surface area (Å²) in [5.74, 6) is -0.725. The molecule has 0 spiro atoms. The lowest BCUT2D eigenvalue weighted by Gasteiger charge is -2.10. The summed E-state index contributed by atoms with van der Waals surface area (Å²) in [4.78, 5) is 24.3. The van der Waals surface area contributed by atoms with Crippen molar-refractivity contribution < 1.29 is 19.1 Å². The average Bonchev–Trinajstić information content (AvgIpc) is 2.82. The van der Waals surface area contributed by atoms with Crippen LogP contribution in [0.2, 0.25) is 5.02 Å². The molecule has 2 amide bonds. The van der Waals surface area contributed by atoms with Crippen LogP contribution in [-0.4, -0.2) is 24.6 Å². The van der Waals surface area contributed by atoms with Crippen LogP contribution < -0.4 is 20.2 Å². The molecule has 0 aromatic heterocycles. The molecule has 3 rings (SSSR count). The minimum absolute atomic E-state index is 0.284. The summed E-state index contributed by atoms with van der Waals surface area (Å²) in [6, 6.07) is 20.1. The first-order valence-corrected chi connectivity index (χ1v) is 10.5. The fraction of sp³-hybridized carbons (Fsp3) is 0.160. The summed E-state index contributed by atoms with van der Waals surface area (Å²) in [5.41, 5.74) is 6.12. The van der Waals surface area contributed by atoms with Crippen LogP contribution in [-0.2, 0) is 16.2 Å². The van der Waals surface area contributed by atoms with Crippen LogP contribution in [0.3, 0.4) is 0 Å². The molecule has 3 aromatic carbocycles. The number of hydrogen-bond acceptors (Lipinski definition) is 5. The summed E-state index contributed by atoms with van der Waals surface area (Å²) < 4.78 is 10.9. The number of benzene rings is 3. The van der Waals surface area contributed by atoms with E-state index in [9.17, 15) is 9.59 Å². The Hall–Kier alpha value is -3.84. The van der Waals surface area contributed by atoms with E-state index in [1.807, 2.05) is 55.5 Å². The molecule has 8 heteroatoms. The van der Waals surface area contributed by atoms with E-state index in [4.69, 9.17) is 21.1 Å². The van der Waals surface area contributed by atoms with Gasteiger partial charge >= 0.3 is 11.8 Å². The largest absolute Gasteiger partial charge is 0.495 e. The van der Waals surface area contributed by atoms with Crippen LogP contribution in [0, 0.1) is 6.92 Å². The Morgan fingerprint density at radius 2 is 1.67 bits per heavy atom. The van der Waals surface area contributed by atoms with Gasteiger partial charge in [-0.3, -0.25) is 9.59 Å². The van der Waals surface area contributed by atoms with Crippen molar-refractivity contribution in [2.24, 2.45) is 5.10 Å². The number of nitrogens with zero attached hydrogens (tertiary/aromatic N) is 1. The maximum atomic E-state index is 12.2. The first-order valence-electron chi connectivity index (χ1n) is 10.1. The summed E-state index contributed by atoms with van der Waals surface area (Å²) in [5, 5.41) is 6.86. The summed E-state index contributed by atoms with van der Waals surface area (Å²) >= 11 is 5.94. The second kappa shape index (κ2) is 11.2. The lowest BCUT2D eigenvalue weighted by Crippen LogP contribution is -2.33. The van der Waals surface area contributed by atoms with Crippen LogP contribution in [0.25, 0.3) is 0 Å². The van der Waals surface area contributed by atoms with Gasteiger partial charge in [-0.25, -0.2) is 5.43 Å². The maximum Gasteiger partial charge on any atom is 0.329 e. The van der Waals surface area contributed by atoms with E-state index in [2.05, 4.69) is 15.8 Å². The molecular formula is C25H24ClN3O4. The van der Waals surface area contributed by atoms with Crippen molar-refractivity contribution in [1.82, 2.24) is 5.43 Å². The van der Waals surface area contributed by atoms with Crippen molar-refractivity contribution in [3.8, 4) is 11.5 Å². The second-order valence-electron chi connectivity index (χ2n) is 7.24. The lowest BCUT2D eigenvalue weighted by molar-refractivity contribution is -0.136. The Kier molecular flexibility index (Phi) is 8.05. The van der Waals surface area contributed by atoms with Crippen LogP contribution in [0.5, 0.6) is 11.5 Å². The van der Waals surface area contributed by atoms with E-state index < -0.39 is 11.8 Å². The molecule has 0 radical (unpaired) electrons. The SMILES string of the molecule is COc1ccc(Cl)cc1NC(=O)C(=O)NN=C(C)c1ccc(OCc2ccc(C)cc2)cc1. The molecule has 170 valence electrons. The van der Waals surface area contributed by atoms with Crippen molar-refractivity contribution in [2.45, 2.75) is 20.5 Å². The number of rotatable bonds is 7. The van der Waals surface area contributed by atoms with E-state index in [-0.39, 0.29) is 5.69 Å². The Morgan fingerprint density at radius 1 is 0.970 bits per heavy atom. The van der Waals surface area contributed by atoms with Gasteiger partial charge in [-0.05, 0) is 67.4 Å². The number of anilines is 1. The van der Waals surface area contributed by atoms with Crippen molar-refractivity contribution >= 4 is 34.8 Å². The van der Waals surface area contributed by atoms with Gasteiger partial charge in [0.15, 0.2) is 0 Å². The first-order chi connectivity index (χ1) is 15.9. The van der Waals surface area contributed by atoms with Crippen LogP contribution >= 0.6 is 11.6 Å². The van der Waals surface area contributed by atoms with E-state index in [1.165, 1.54) is 18.7 Å². The molecule has 0 bridgehead atoms. The Balaban J connectivity index is 1.55. The number of halogens is 1. The topological polar surface area (TPSA) is 89.0 Å². The smallest absolute Gasteiger partial charge is 0.329 e. The molecule has 0 atom stereocenters. The molecule has 33 heavy (non-hydrogen) atoms. The third-order valence-electron chi connectivity index (χ3n) is 4.74. The molecule has 2 N–H and O–H groups in total. The molecule has 0 fully saturated rings. The number of hydrazone groups is 1. The Morgan fingerprint density at radius 3 is 2.33 bits per heavy atom. The molecule has 0 saturated carbocycles. The molecule has 0 saturated heterocycles. The number of aryl methyl sites for hydroxylation is 1. The van der Waals surface area contributed by atoms with Crippen molar-refractivity contribution in [3.05, 3.63) is 88.4 Å². The number of carbonyl (C=O) groups is 2. The van der Waals surface area contributed by atoms with E-state index in [0.717, 1.165) is 11.1 Å². The Labute approximate surface area is 197 Å². The summed E-state index contributed by atoms with van der Waals surface area (Å²) in [7, 11) is 1.45. The van der Waals surface area contributed by atoms with Crippen LogP contribution in [0.1, 0.15) is 23.6 Å². The van der Waals surface area contributed by atoms with E-state index in [0.29, 0.717) is 28.8 Å². The maximum absolute atomic E-state index is 12.2. The fourth-order valence-electron chi connectivity index (χ4n) is 2.85. The summed E-state index contributed by atoms with van der Waals surface area (Å²) in [6.07, 6.45) is 0. The fourth-order valence-corrected chi connectivity index (χ4v) is 3.02. The number of nitrogens with one attached hydrogen (secondary N) is 2. The zero-order valence-corrected chi connectivity index (χ0v) is 19.3. The molecule has 3 aromatic rings. The average molecular weight is 466 g/mol. The number of methoxy groups -OCH3 is 1. The third-order valence-corrected chi connectivity index (χ3v) is 4.97. The van der Waals surface area contributed by atoms with Crippen molar-refractivity contribution in [2.75, 3.05) is 12.4 Å². The predicted octanol–water partition coefficient (Wildman–Crippen LogP) is 4.71. The predicted molar refractivity (Wildman–Crippen MR) is 129 cm³/mol. The molecular weight excluding hydrogens is 442 g/mol. The summed E-state index contributed by atoms with van der Waals surface area (Å²) in [6.45, 7) is 4.23. The number of carbonyl (C=O) groups excluding carboxylic acids is 2. The minimum Gasteiger partial charge on any atom is -0.495 e. The molecule has 0 aliphatic rings. The van der Waals surface area contributed by atoms with Crippen LogP contribution in [0.15, 0.2) is 71.8 Å².